The quantitative estimate of drug-likeness (QED) is 0.566. The molecule has 4 nitrogen and oxygen atoms in total. The Labute approximate surface area is 93.8 Å². The van der Waals surface area contributed by atoms with E-state index in [0.717, 1.165) is 24.1 Å². The fourth-order valence-corrected chi connectivity index (χ4v) is 2.77. The summed E-state index contributed by atoms with van der Waals surface area (Å²) in [5.74, 6) is 0. The number of aliphatic hydroxyl groups is 1. The van der Waals surface area contributed by atoms with E-state index in [-0.39, 0.29) is 0 Å². The summed E-state index contributed by atoms with van der Waals surface area (Å²) in [4.78, 5) is -1.16. The first-order chi connectivity index (χ1) is 6.96. The maximum absolute atomic E-state index is 11.5. The van der Waals surface area contributed by atoms with Crippen LogP contribution in [0.4, 0.5) is 0 Å². The number of likely N-dealkylation sites (N-methyl/N-ethyl adjacent to an activating group) is 1. The van der Waals surface area contributed by atoms with E-state index in [2.05, 4.69) is 13.6 Å². The van der Waals surface area contributed by atoms with Gasteiger partial charge in [0.15, 0.2) is 16.0 Å². The van der Waals surface area contributed by atoms with Crippen LogP contribution in [0.2, 0.25) is 0 Å². The van der Waals surface area contributed by atoms with Gasteiger partial charge in [0, 0.05) is 12.8 Å². The molecule has 0 aromatic carbocycles. The summed E-state index contributed by atoms with van der Waals surface area (Å²) < 4.78 is 17.0. The van der Waals surface area contributed by atoms with Gasteiger partial charge in [0.1, 0.15) is 0 Å². The summed E-state index contributed by atoms with van der Waals surface area (Å²) in [5, 5.41) is 10.1. The molecule has 0 spiro atoms. The average molecular weight is 234 g/mol. The first kappa shape index (κ1) is 12.8. The molecule has 1 fully saturated rings. The van der Waals surface area contributed by atoms with E-state index in [1.807, 2.05) is 6.08 Å². The number of nitrogens with zero attached hydrogens (tertiary/aromatic N) is 1. The minimum absolute atomic E-state index is 0.512. The standard InChI is InChI=1S/C10H20NO3S/c1-4-7-11(2)8-5-10(12,6-9-11)15(13)14-3/h4,12H,1,5-9H2,2-3H3/q+1. The molecule has 0 radical (unpaired) electrons. The van der Waals surface area contributed by atoms with E-state index in [9.17, 15) is 9.32 Å². The van der Waals surface area contributed by atoms with E-state index in [1.54, 1.807) is 0 Å². The highest BCUT2D eigenvalue weighted by atomic mass is 32.2. The molecule has 5 heteroatoms. The van der Waals surface area contributed by atoms with Crippen molar-refractivity contribution >= 4 is 11.1 Å². The first-order valence-electron chi connectivity index (χ1n) is 5.09. The van der Waals surface area contributed by atoms with E-state index in [1.165, 1.54) is 7.11 Å². The van der Waals surface area contributed by atoms with Crippen molar-refractivity contribution in [3.63, 3.8) is 0 Å². The van der Waals surface area contributed by atoms with E-state index in [4.69, 9.17) is 4.18 Å². The van der Waals surface area contributed by atoms with E-state index >= 15 is 0 Å². The van der Waals surface area contributed by atoms with Gasteiger partial charge in [0.25, 0.3) is 0 Å². The van der Waals surface area contributed by atoms with Crippen LogP contribution in [-0.2, 0) is 15.3 Å². The van der Waals surface area contributed by atoms with Gasteiger partial charge in [0.2, 0.25) is 0 Å². The lowest BCUT2D eigenvalue weighted by atomic mass is 10.1. The Morgan fingerprint density at radius 1 is 1.60 bits per heavy atom. The van der Waals surface area contributed by atoms with Crippen LogP contribution >= 0.6 is 0 Å². The number of rotatable bonds is 4. The number of piperidine rings is 1. The fraction of sp³-hybridized carbons (Fsp3) is 0.800. The minimum Gasteiger partial charge on any atom is -0.374 e. The van der Waals surface area contributed by atoms with Crippen molar-refractivity contribution in [2.45, 2.75) is 17.8 Å². The smallest absolute Gasteiger partial charge is 0.188 e. The summed E-state index contributed by atoms with van der Waals surface area (Å²) in [6.07, 6.45) is 2.91. The second-order valence-electron chi connectivity index (χ2n) is 4.39. The predicted molar refractivity (Wildman–Crippen MR) is 60.3 cm³/mol. The van der Waals surface area contributed by atoms with Gasteiger partial charge in [-0.25, -0.2) is 4.21 Å². The molecule has 1 aliphatic heterocycles. The summed E-state index contributed by atoms with van der Waals surface area (Å²) >= 11 is -1.60. The highest BCUT2D eigenvalue weighted by Crippen LogP contribution is 2.29. The van der Waals surface area contributed by atoms with Gasteiger partial charge < -0.3 is 9.59 Å². The molecule has 0 bridgehead atoms. The molecule has 0 aromatic rings. The van der Waals surface area contributed by atoms with Crippen LogP contribution in [0.15, 0.2) is 12.7 Å². The third kappa shape index (κ3) is 2.87. The zero-order valence-electron chi connectivity index (χ0n) is 9.44. The summed E-state index contributed by atoms with van der Waals surface area (Å²) in [7, 11) is 3.48. The lowest BCUT2D eigenvalue weighted by Gasteiger charge is -2.42. The Kier molecular flexibility index (Phi) is 4.06. The van der Waals surface area contributed by atoms with Crippen molar-refractivity contribution in [2.75, 3.05) is 33.8 Å². The molecule has 1 rings (SSSR count). The van der Waals surface area contributed by atoms with Crippen molar-refractivity contribution in [3.8, 4) is 0 Å². The molecule has 1 unspecified atom stereocenters. The predicted octanol–water partition coefficient (Wildman–Crippen LogP) is 0.412. The summed E-state index contributed by atoms with van der Waals surface area (Å²) in [6.45, 7) is 6.22. The molecule has 1 aliphatic rings. The lowest BCUT2D eigenvalue weighted by molar-refractivity contribution is -0.910. The Morgan fingerprint density at radius 2 is 2.13 bits per heavy atom. The largest absolute Gasteiger partial charge is 0.374 e. The van der Waals surface area contributed by atoms with E-state index in [0.29, 0.717) is 12.8 Å². The zero-order chi connectivity index (χ0) is 11.5. The zero-order valence-corrected chi connectivity index (χ0v) is 10.3. The Hall–Kier alpha value is -0.230. The maximum atomic E-state index is 11.5. The molecule has 0 amide bonds. The second kappa shape index (κ2) is 4.74. The van der Waals surface area contributed by atoms with Crippen molar-refractivity contribution in [1.29, 1.82) is 0 Å². The third-order valence-corrected chi connectivity index (χ3v) is 4.45. The first-order valence-corrected chi connectivity index (χ1v) is 6.16. The van der Waals surface area contributed by atoms with Crippen molar-refractivity contribution in [3.05, 3.63) is 12.7 Å². The highest BCUT2D eigenvalue weighted by molar-refractivity contribution is 7.81. The Morgan fingerprint density at radius 3 is 2.53 bits per heavy atom. The Balaban J connectivity index is 2.61. The van der Waals surface area contributed by atoms with Gasteiger partial charge in [-0.3, -0.25) is 4.18 Å². The van der Waals surface area contributed by atoms with Crippen LogP contribution in [0.1, 0.15) is 12.8 Å². The molecule has 1 saturated heterocycles. The van der Waals surface area contributed by atoms with Crippen LogP contribution in [-0.4, -0.2) is 52.5 Å². The van der Waals surface area contributed by atoms with Crippen molar-refractivity contribution < 1.29 is 18.0 Å². The van der Waals surface area contributed by atoms with Gasteiger partial charge in [-0.1, -0.05) is 6.58 Å². The number of quaternary nitrogens is 1. The van der Waals surface area contributed by atoms with Crippen molar-refractivity contribution in [2.24, 2.45) is 0 Å². The van der Waals surface area contributed by atoms with Crippen LogP contribution < -0.4 is 0 Å². The monoisotopic (exact) mass is 234 g/mol. The van der Waals surface area contributed by atoms with Crippen molar-refractivity contribution in [1.82, 2.24) is 0 Å². The number of likely N-dealkylation sites (tertiary alicyclic amines) is 1. The second-order valence-corrected chi connectivity index (χ2v) is 5.95. The lowest BCUT2D eigenvalue weighted by Crippen LogP contribution is -2.56. The summed E-state index contributed by atoms with van der Waals surface area (Å²) in [5.41, 5.74) is 0. The SMILES string of the molecule is C=CC[N+]1(C)CCC(O)(S(=O)OC)CC1. The van der Waals surface area contributed by atoms with Crippen LogP contribution in [0.3, 0.4) is 0 Å². The molecule has 1 heterocycles. The molecule has 0 saturated carbocycles. The van der Waals surface area contributed by atoms with Crippen LogP contribution in [0.25, 0.3) is 0 Å². The molecule has 1 N–H and O–H groups in total. The summed E-state index contributed by atoms with van der Waals surface area (Å²) in [6, 6.07) is 0. The molecular formula is C10H20NO3S+. The molecular weight excluding hydrogens is 214 g/mol. The minimum atomic E-state index is -1.60. The highest BCUT2D eigenvalue weighted by Gasteiger charge is 2.43. The van der Waals surface area contributed by atoms with Gasteiger partial charge in [-0.15, -0.1) is 0 Å². The molecule has 0 aliphatic carbocycles. The average Bonchev–Trinajstić information content (AvgIpc) is 2.22. The third-order valence-electron chi connectivity index (χ3n) is 3.12. The fourth-order valence-electron chi connectivity index (χ4n) is 1.94. The molecule has 15 heavy (non-hydrogen) atoms. The van der Waals surface area contributed by atoms with Gasteiger partial charge in [-0.2, -0.15) is 0 Å². The maximum Gasteiger partial charge on any atom is 0.188 e. The van der Waals surface area contributed by atoms with Crippen LogP contribution in [0.5, 0.6) is 0 Å². The molecule has 0 aromatic heterocycles. The topological polar surface area (TPSA) is 46.5 Å². The van der Waals surface area contributed by atoms with E-state index < -0.39 is 16.0 Å². The molecule has 88 valence electrons. The number of hydrogen-bond donors (Lipinski definition) is 1. The normalized spacial score (nSPS) is 38.6. The van der Waals surface area contributed by atoms with Gasteiger partial charge in [-0.05, 0) is 6.08 Å². The van der Waals surface area contributed by atoms with Crippen LogP contribution in [0, 0.1) is 0 Å². The van der Waals surface area contributed by atoms with Gasteiger partial charge in [0.05, 0.1) is 33.8 Å². The number of hydrogen-bond acceptors (Lipinski definition) is 3. The van der Waals surface area contributed by atoms with Gasteiger partial charge >= 0.3 is 0 Å². The molecule has 1 atom stereocenters. The Bertz CT molecular complexity index is 259.